The van der Waals surface area contributed by atoms with Gasteiger partial charge in [0.05, 0.1) is 6.54 Å². The van der Waals surface area contributed by atoms with Crippen molar-refractivity contribution in [2.45, 2.75) is 70.6 Å². The number of para-hydroxylation sites is 1. The summed E-state index contributed by atoms with van der Waals surface area (Å²) in [6.07, 6.45) is 7.66. The van der Waals surface area contributed by atoms with Crippen molar-refractivity contribution in [1.29, 1.82) is 0 Å². The zero-order valence-electron chi connectivity index (χ0n) is 17.3. The third kappa shape index (κ3) is 6.09. The number of nitrogens with one attached hydrogen (secondary N) is 2. The Morgan fingerprint density at radius 2 is 1.93 bits per heavy atom. The molecular formula is C22H35FN4O. The molecule has 1 atom stereocenters. The van der Waals surface area contributed by atoms with Crippen molar-refractivity contribution in [2.24, 2.45) is 4.99 Å². The van der Waals surface area contributed by atoms with Gasteiger partial charge in [0.1, 0.15) is 6.10 Å². The molecule has 0 spiro atoms. The van der Waals surface area contributed by atoms with Gasteiger partial charge in [0.25, 0.3) is 0 Å². The van der Waals surface area contributed by atoms with Gasteiger partial charge in [-0.25, -0.2) is 9.38 Å². The minimum absolute atomic E-state index is 0.198. The number of halogens is 1. The van der Waals surface area contributed by atoms with Crippen molar-refractivity contribution in [3.8, 4) is 5.75 Å². The summed E-state index contributed by atoms with van der Waals surface area (Å²) in [5, 5.41) is 6.90. The minimum atomic E-state index is -0.336. The van der Waals surface area contributed by atoms with E-state index in [-0.39, 0.29) is 17.7 Å². The second kappa shape index (κ2) is 10.6. The SMILES string of the molecule is CCNC(=NCC(C)Oc1ccccc1F)NC1CCN(C2CCCC2)CC1. The molecule has 0 radical (unpaired) electrons. The van der Waals surface area contributed by atoms with Crippen molar-refractivity contribution >= 4 is 5.96 Å². The monoisotopic (exact) mass is 390 g/mol. The summed E-state index contributed by atoms with van der Waals surface area (Å²) < 4.78 is 19.4. The maximum atomic E-state index is 13.7. The van der Waals surface area contributed by atoms with Crippen molar-refractivity contribution in [3.63, 3.8) is 0 Å². The molecule has 1 aliphatic heterocycles. The lowest BCUT2D eigenvalue weighted by Gasteiger charge is -2.36. The maximum absolute atomic E-state index is 13.7. The van der Waals surface area contributed by atoms with E-state index in [9.17, 15) is 4.39 Å². The molecule has 1 aliphatic carbocycles. The number of piperidine rings is 1. The van der Waals surface area contributed by atoms with E-state index in [4.69, 9.17) is 4.74 Å². The van der Waals surface area contributed by atoms with Crippen LogP contribution in [-0.4, -0.2) is 55.2 Å². The molecule has 0 amide bonds. The third-order valence-electron chi connectivity index (χ3n) is 5.73. The normalized spacial score (nSPS) is 20.9. The lowest BCUT2D eigenvalue weighted by molar-refractivity contribution is 0.150. The molecule has 1 heterocycles. The molecule has 1 aromatic rings. The Labute approximate surface area is 168 Å². The van der Waals surface area contributed by atoms with Gasteiger partial charge in [-0.1, -0.05) is 25.0 Å². The van der Waals surface area contributed by atoms with Crippen molar-refractivity contribution in [2.75, 3.05) is 26.2 Å². The molecule has 6 heteroatoms. The molecule has 0 aromatic heterocycles. The molecule has 3 rings (SSSR count). The average Bonchev–Trinajstić information content (AvgIpc) is 3.23. The third-order valence-corrected chi connectivity index (χ3v) is 5.73. The standard InChI is InChI=1S/C22H35FN4O/c1-3-24-22(25-16-17(2)28-21-11-7-6-10-20(21)23)26-18-12-14-27(15-13-18)19-8-4-5-9-19/h6-7,10-11,17-19H,3-5,8-9,12-16H2,1-2H3,(H2,24,25,26). The van der Waals surface area contributed by atoms with Crippen molar-refractivity contribution in [1.82, 2.24) is 15.5 Å². The number of benzene rings is 1. The van der Waals surface area contributed by atoms with Gasteiger partial charge in [-0.3, -0.25) is 0 Å². The molecule has 1 saturated carbocycles. The summed E-state index contributed by atoms with van der Waals surface area (Å²) in [5.74, 6) is 0.769. The predicted octanol–water partition coefficient (Wildman–Crippen LogP) is 3.56. The van der Waals surface area contributed by atoms with E-state index in [1.807, 2.05) is 6.92 Å². The molecule has 2 fully saturated rings. The highest BCUT2D eigenvalue weighted by atomic mass is 19.1. The van der Waals surface area contributed by atoms with Crippen LogP contribution in [0.4, 0.5) is 4.39 Å². The highest BCUT2D eigenvalue weighted by Gasteiger charge is 2.27. The smallest absolute Gasteiger partial charge is 0.191 e. The van der Waals surface area contributed by atoms with Crippen LogP contribution in [0.15, 0.2) is 29.3 Å². The van der Waals surface area contributed by atoms with Crippen LogP contribution < -0.4 is 15.4 Å². The first-order valence-corrected chi connectivity index (χ1v) is 10.9. The van der Waals surface area contributed by atoms with E-state index in [0.717, 1.165) is 31.4 Å². The number of rotatable bonds is 7. The quantitative estimate of drug-likeness (QED) is 0.552. The predicted molar refractivity (Wildman–Crippen MR) is 112 cm³/mol. The van der Waals surface area contributed by atoms with Crippen LogP contribution in [0.3, 0.4) is 0 Å². The molecule has 1 aromatic carbocycles. The van der Waals surface area contributed by atoms with Gasteiger partial charge in [0, 0.05) is 31.7 Å². The molecular weight excluding hydrogens is 355 g/mol. The van der Waals surface area contributed by atoms with Gasteiger partial charge in [0.2, 0.25) is 0 Å². The first-order valence-electron chi connectivity index (χ1n) is 10.9. The molecule has 2 N–H and O–H groups in total. The van der Waals surface area contributed by atoms with E-state index in [1.165, 1.54) is 44.8 Å². The lowest BCUT2D eigenvalue weighted by Crippen LogP contribution is -2.50. The second-order valence-electron chi connectivity index (χ2n) is 7.97. The molecule has 1 saturated heterocycles. The summed E-state index contributed by atoms with van der Waals surface area (Å²) in [6.45, 7) is 7.63. The largest absolute Gasteiger partial charge is 0.486 e. The van der Waals surface area contributed by atoms with E-state index in [2.05, 4.69) is 27.4 Å². The molecule has 28 heavy (non-hydrogen) atoms. The van der Waals surface area contributed by atoms with Gasteiger partial charge >= 0.3 is 0 Å². The number of guanidine groups is 1. The molecule has 2 aliphatic rings. The Hall–Kier alpha value is -1.82. The maximum Gasteiger partial charge on any atom is 0.191 e. The molecule has 1 unspecified atom stereocenters. The minimum Gasteiger partial charge on any atom is -0.486 e. The zero-order valence-corrected chi connectivity index (χ0v) is 17.3. The van der Waals surface area contributed by atoms with Crippen LogP contribution in [0.25, 0.3) is 0 Å². The van der Waals surface area contributed by atoms with Crippen LogP contribution in [0.1, 0.15) is 52.4 Å². The Balaban J connectivity index is 1.46. The Morgan fingerprint density at radius 3 is 2.61 bits per heavy atom. The first-order chi connectivity index (χ1) is 13.7. The van der Waals surface area contributed by atoms with Gasteiger partial charge < -0.3 is 20.3 Å². The number of likely N-dealkylation sites (tertiary alicyclic amines) is 1. The van der Waals surface area contributed by atoms with Crippen molar-refractivity contribution in [3.05, 3.63) is 30.1 Å². The van der Waals surface area contributed by atoms with Gasteiger partial charge in [-0.15, -0.1) is 0 Å². The summed E-state index contributed by atoms with van der Waals surface area (Å²) in [5.41, 5.74) is 0. The van der Waals surface area contributed by atoms with Crippen LogP contribution in [0.2, 0.25) is 0 Å². The Bertz CT molecular complexity index is 625. The fourth-order valence-electron chi connectivity index (χ4n) is 4.21. The summed E-state index contributed by atoms with van der Waals surface area (Å²) in [4.78, 5) is 7.34. The molecule has 0 bridgehead atoms. The fourth-order valence-corrected chi connectivity index (χ4v) is 4.21. The van der Waals surface area contributed by atoms with Gasteiger partial charge in [-0.05, 0) is 51.7 Å². The second-order valence-corrected chi connectivity index (χ2v) is 7.97. The van der Waals surface area contributed by atoms with Gasteiger partial charge in [-0.2, -0.15) is 0 Å². The van der Waals surface area contributed by atoms with E-state index < -0.39 is 0 Å². The average molecular weight is 391 g/mol. The Morgan fingerprint density at radius 1 is 1.21 bits per heavy atom. The van der Waals surface area contributed by atoms with Crippen LogP contribution in [0.5, 0.6) is 5.75 Å². The first kappa shape index (κ1) is 20.9. The number of nitrogens with zero attached hydrogens (tertiary/aromatic N) is 2. The van der Waals surface area contributed by atoms with E-state index >= 15 is 0 Å². The van der Waals surface area contributed by atoms with E-state index in [0.29, 0.717) is 12.6 Å². The van der Waals surface area contributed by atoms with Gasteiger partial charge in [0.15, 0.2) is 17.5 Å². The lowest BCUT2D eigenvalue weighted by atomic mass is 10.0. The highest BCUT2D eigenvalue weighted by molar-refractivity contribution is 5.80. The number of ether oxygens (including phenoxy) is 1. The summed E-state index contributed by atoms with van der Waals surface area (Å²) in [6, 6.07) is 7.78. The summed E-state index contributed by atoms with van der Waals surface area (Å²) >= 11 is 0. The van der Waals surface area contributed by atoms with Crippen LogP contribution in [0, 0.1) is 5.82 Å². The number of aliphatic imine (C=N–C) groups is 1. The molecule has 156 valence electrons. The number of hydrogen-bond acceptors (Lipinski definition) is 3. The highest BCUT2D eigenvalue weighted by Crippen LogP contribution is 2.26. The Kier molecular flexibility index (Phi) is 7.95. The summed E-state index contributed by atoms with van der Waals surface area (Å²) in [7, 11) is 0. The van der Waals surface area contributed by atoms with Crippen molar-refractivity contribution < 1.29 is 9.13 Å². The topological polar surface area (TPSA) is 48.9 Å². The van der Waals surface area contributed by atoms with Crippen LogP contribution >= 0.6 is 0 Å². The fraction of sp³-hybridized carbons (Fsp3) is 0.682. The zero-order chi connectivity index (χ0) is 19.8. The molecule has 5 nitrogen and oxygen atoms in total. The number of hydrogen-bond donors (Lipinski definition) is 2. The van der Waals surface area contributed by atoms with E-state index in [1.54, 1.807) is 18.2 Å². The van der Waals surface area contributed by atoms with Crippen LogP contribution in [-0.2, 0) is 0 Å².